The molecule has 4 heteroatoms. The summed E-state index contributed by atoms with van der Waals surface area (Å²) in [6.07, 6.45) is 2.00. The normalized spacial score (nSPS) is 10.9. The number of ether oxygens (including phenoxy) is 1. The zero-order valence-corrected chi connectivity index (χ0v) is 8.10. The van der Waals surface area contributed by atoms with Crippen LogP contribution in [0.25, 0.3) is 11.0 Å². The topological polar surface area (TPSA) is 53.1 Å². The van der Waals surface area contributed by atoms with Gasteiger partial charge >= 0.3 is 0 Å². The number of anilines is 1. The highest BCUT2D eigenvalue weighted by atomic mass is 16.5. The van der Waals surface area contributed by atoms with Gasteiger partial charge in [0, 0.05) is 19.9 Å². The first-order valence-electron chi connectivity index (χ1n) is 4.51. The molecule has 2 aromatic rings. The summed E-state index contributed by atoms with van der Waals surface area (Å²) in [6.45, 7) is 1.54. The van der Waals surface area contributed by atoms with Crippen LogP contribution in [0.5, 0.6) is 0 Å². The zero-order valence-electron chi connectivity index (χ0n) is 8.10. The molecule has 0 atom stereocenters. The molecule has 0 saturated carbocycles. The number of nitrogen functional groups attached to an aromatic ring is 1. The average molecular weight is 191 g/mol. The van der Waals surface area contributed by atoms with Crippen LogP contribution < -0.4 is 5.73 Å². The molecular weight excluding hydrogens is 178 g/mol. The highest BCUT2D eigenvalue weighted by Crippen LogP contribution is 2.14. The minimum absolute atomic E-state index is 0.557. The van der Waals surface area contributed by atoms with E-state index in [2.05, 4.69) is 9.55 Å². The van der Waals surface area contributed by atoms with Crippen LogP contribution in [0, 0.1) is 0 Å². The Bertz CT molecular complexity index is 436. The second-order valence-electron chi connectivity index (χ2n) is 3.14. The number of nitrogens with two attached hydrogens (primary N) is 1. The molecule has 0 bridgehead atoms. The smallest absolute Gasteiger partial charge is 0.124 e. The lowest BCUT2D eigenvalue weighted by Crippen LogP contribution is -2.02. The Morgan fingerprint density at radius 2 is 2.29 bits per heavy atom. The van der Waals surface area contributed by atoms with Crippen molar-refractivity contribution >= 4 is 16.9 Å². The molecule has 2 aromatic heterocycles. The maximum absolute atomic E-state index is 5.59. The lowest BCUT2D eigenvalue weighted by atomic mass is 10.4. The molecule has 0 aliphatic carbocycles. The lowest BCUT2D eigenvalue weighted by molar-refractivity contribution is 0.188. The van der Waals surface area contributed by atoms with E-state index in [1.54, 1.807) is 7.11 Å². The van der Waals surface area contributed by atoms with Crippen LogP contribution >= 0.6 is 0 Å². The molecule has 2 heterocycles. The summed E-state index contributed by atoms with van der Waals surface area (Å²) in [5, 5.41) is 0. The lowest BCUT2D eigenvalue weighted by Gasteiger charge is -2.03. The molecular formula is C10H13N3O. The van der Waals surface area contributed by atoms with E-state index in [9.17, 15) is 0 Å². The molecule has 74 valence electrons. The van der Waals surface area contributed by atoms with Gasteiger partial charge in [-0.15, -0.1) is 0 Å². The van der Waals surface area contributed by atoms with Crippen molar-refractivity contribution in [1.82, 2.24) is 9.55 Å². The summed E-state index contributed by atoms with van der Waals surface area (Å²) in [4.78, 5) is 4.22. The Hall–Kier alpha value is -1.55. The van der Waals surface area contributed by atoms with Gasteiger partial charge in [-0.25, -0.2) is 4.98 Å². The predicted molar refractivity (Wildman–Crippen MR) is 56.0 cm³/mol. The van der Waals surface area contributed by atoms with Gasteiger partial charge in [-0.2, -0.15) is 0 Å². The van der Waals surface area contributed by atoms with Gasteiger partial charge in [-0.1, -0.05) is 0 Å². The van der Waals surface area contributed by atoms with E-state index in [0.717, 1.165) is 17.6 Å². The molecule has 14 heavy (non-hydrogen) atoms. The van der Waals surface area contributed by atoms with Crippen LogP contribution in [0.3, 0.4) is 0 Å². The Labute approximate surface area is 82.3 Å². The molecule has 2 rings (SSSR count). The summed E-state index contributed by atoms with van der Waals surface area (Å²) in [5.74, 6) is 0.557. The molecule has 0 fully saturated rings. The van der Waals surface area contributed by atoms with Crippen LogP contribution in [0.15, 0.2) is 24.4 Å². The van der Waals surface area contributed by atoms with Crippen molar-refractivity contribution in [2.45, 2.75) is 6.54 Å². The van der Waals surface area contributed by atoms with E-state index < -0.39 is 0 Å². The summed E-state index contributed by atoms with van der Waals surface area (Å²) in [5.41, 5.74) is 7.61. The van der Waals surface area contributed by atoms with Gasteiger partial charge in [0.05, 0.1) is 17.6 Å². The van der Waals surface area contributed by atoms with Crippen molar-refractivity contribution in [2.24, 2.45) is 0 Å². The van der Waals surface area contributed by atoms with E-state index in [1.165, 1.54) is 0 Å². The van der Waals surface area contributed by atoms with Gasteiger partial charge < -0.3 is 15.0 Å². The highest BCUT2D eigenvalue weighted by molar-refractivity contribution is 5.77. The van der Waals surface area contributed by atoms with Gasteiger partial charge in [-0.3, -0.25) is 0 Å². The van der Waals surface area contributed by atoms with Crippen molar-refractivity contribution in [3.63, 3.8) is 0 Å². The van der Waals surface area contributed by atoms with E-state index in [4.69, 9.17) is 10.5 Å². The number of nitrogens with zero attached hydrogens (tertiary/aromatic N) is 2. The molecule has 2 N–H and O–H groups in total. The van der Waals surface area contributed by atoms with Crippen molar-refractivity contribution < 1.29 is 4.74 Å². The van der Waals surface area contributed by atoms with Gasteiger partial charge in [0.15, 0.2) is 0 Å². The van der Waals surface area contributed by atoms with E-state index in [0.29, 0.717) is 12.4 Å². The maximum atomic E-state index is 5.59. The van der Waals surface area contributed by atoms with Crippen molar-refractivity contribution in [2.75, 3.05) is 19.5 Å². The minimum atomic E-state index is 0.557. The fourth-order valence-electron chi connectivity index (χ4n) is 1.47. The molecule has 0 aliphatic rings. The summed E-state index contributed by atoms with van der Waals surface area (Å²) < 4.78 is 7.12. The van der Waals surface area contributed by atoms with Crippen molar-refractivity contribution in [3.05, 3.63) is 24.4 Å². The summed E-state index contributed by atoms with van der Waals surface area (Å²) >= 11 is 0. The minimum Gasteiger partial charge on any atom is -0.384 e. The van der Waals surface area contributed by atoms with Crippen LogP contribution in [-0.2, 0) is 11.3 Å². The number of fused-ring (bicyclic) bond motifs is 1. The predicted octanol–water partition coefficient (Wildman–Crippen LogP) is 1.26. The molecule has 0 aromatic carbocycles. The maximum Gasteiger partial charge on any atom is 0.124 e. The molecule has 0 amide bonds. The summed E-state index contributed by atoms with van der Waals surface area (Å²) in [7, 11) is 1.70. The molecule has 0 radical (unpaired) electrons. The van der Waals surface area contributed by atoms with Gasteiger partial charge in [0.25, 0.3) is 0 Å². The molecule has 4 nitrogen and oxygen atoms in total. The third kappa shape index (κ3) is 1.56. The first-order valence-corrected chi connectivity index (χ1v) is 4.51. The largest absolute Gasteiger partial charge is 0.384 e. The van der Waals surface area contributed by atoms with Crippen molar-refractivity contribution in [1.29, 1.82) is 0 Å². The molecule has 0 unspecified atom stereocenters. The Kier molecular flexibility index (Phi) is 2.37. The SMILES string of the molecule is COCCn1ccc2nc(N)ccc21. The fourth-order valence-corrected chi connectivity index (χ4v) is 1.47. The first-order chi connectivity index (χ1) is 6.81. The van der Waals surface area contributed by atoms with Gasteiger partial charge in [0.1, 0.15) is 5.82 Å². The molecule has 0 saturated heterocycles. The van der Waals surface area contributed by atoms with E-state index in [1.807, 2.05) is 24.4 Å². The Balaban J connectivity index is 2.37. The second-order valence-corrected chi connectivity index (χ2v) is 3.14. The highest BCUT2D eigenvalue weighted by Gasteiger charge is 2.01. The third-order valence-electron chi connectivity index (χ3n) is 2.18. The monoisotopic (exact) mass is 191 g/mol. The van der Waals surface area contributed by atoms with Crippen molar-refractivity contribution in [3.8, 4) is 0 Å². The van der Waals surface area contributed by atoms with Gasteiger partial charge in [0.2, 0.25) is 0 Å². The molecule has 0 spiro atoms. The summed E-state index contributed by atoms with van der Waals surface area (Å²) in [6, 6.07) is 5.75. The quantitative estimate of drug-likeness (QED) is 0.794. The average Bonchev–Trinajstić information content (AvgIpc) is 2.57. The van der Waals surface area contributed by atoms with Crippen LogP contribution in [0.4, 0.5) is 5.82 Å². The Morgan fingerprint density at radius 3 is 3.07 bits per heavy atom. The third-order valence-corrected chi connectivity index (χ3v) is 2.18. The number of pyridine rings is 1. The van der Waals surface area contributed by atoms with Gasteiger partial charge in [-0.05, 0) is 18.2 Å². The first kappa shape index (κ1) is 9.02. The van der Waals surface area contributed by atoms with E-state index in [-0.39, 0.29) is 0 Å². The number of aromatic nitrogens is 2. The van der Waals surface area contributed by atoms with Crippen LogP contribution in [0.1, 0.15) is 0 Å². The van der Waals surface area contributed by atoms with E-state index >= 15 is 0 Å². The standard InChI is InChI=1S/C10H13N3O/c1-14-7-6-13-5-4-8-9(13)2-3-10(11)12-8/h2-5H,6-7H2,1H3,(H2,11,12). The second kappa shape index (κ2) is 3.67. The number of rotatable bonds is 3. The number of hydrogen-bond donors (Lipinski definition) is 1. The molecule has 0 aliphatic heterocycles. The number of hydrogen-bond acceptors (Lipinski definition) is 3. The number of methoxy groups -OCH3 is 1. The van der Waals surface area contributed by atoms with Crippen LogP contribution in [-0.4, -0.2) is 23.3 Å². The fraction of sp³-hybridized carbons (Fsp3) is 0.300. The van der Waals surface area contributed by atoms with Crippen LogP contribution in [0.2, 0.25) is 0 Å². The zero-order chi connectivity index (χ0) is 9.97. The Morgan fingerprint density at radius 1 is 1.43 bits per heavy atom.